The van der Waals surface area contributed by atoms with Crippen molar-refractivity contribution in [3.63, 3.8) is 0 Å². The number of anilines is 1. The van der Waals surface area contributed by atoms with E-state index in [1.165, 1.54) is 12.5 Å². The van der Waals surface area contributed by atoms with Crippen molar-refractivity contribution in [3.8, 4) is 0 Å². The van der Waals surface area contributed by atoms with Crippen LogP contribution in [0.3, 0.4) is 0 Å². The standard InChI is InChI=1S/C10H11N3O2/c1-2-7-5-11-13-9(7)12-10(14)8-3-4-15-6-8/h3-6H,2H2,1H3,(H2,11,12,13,14). The van der Waals surface area contributed by atoms with Crippen molar-refractivity contribution in [2.75, 3.05) is 5.32 Å². The van der Waals surface area contributed by atoms with E-state index in [0.29, 0.717) is 11.4 Å². The van der Waals surface area contributed by atoms with Gasteiger partial charge in [-0.05, 0) is 12.5 Å². The van der Waals surface area contributed by atoms with E-state index in [4.69, 9.17) is 4.42 Å². The number of nitrogens with one attached hydrogen (secondary N) is 2. The van der Waals surface area contributed by atoms with E-state index >= 15 is 0 Å². The van der Waals surface area contributed by atoms with E-state index in [9.17, 15) is 4.79 Å². The van der Waals surface area contributed by atoms with Crippen molar-refractivity contribution >= 4 is 11.7 Å². The first-order valence-corrected chi connectivity index (χ1v) is 4.67. The summed E-state index contributed by atoms with van der Waals surface area (Å²) in [6, 6.07) is 1.61. The molecule has 0 atom stereocenters. The fourth-order valence-corrected chi connectivity index (χ4v) is 1.27. The number of nitrogens with zero attached hydrogens (tertiary/aromatic N) is 1. The van der Waals surface area contributed by atoms with Gasteiger partial charge in [-0.2, -0.15) is 5.10 Å². The predicted octanol–water partition coefficient (Wildman–Crippen LogP) is 1.82. The first-order valence-electron chi connectivity index (χ1n) is 4.67. The van der Waals surface area contributed by atoms with Crippen LogP contribution in [0.15, 0.2) is 29.2 Å². The minimum atomic E-state index is -0.206. The molecule has 5 nitrogen and oxygen atoms in total. The summed E-state index contributed by atoms with van der Waals surface area (Å²) in [4.78, 5) is 11.6. The van der Waals surface area contributed by atoms with E-state index in [1.807, 2.05) is 6.92 Å². The van der Waals surface area contributed by atoms with Gasteiger partial charge in [0.15, 0.2) is 0 Å². The zero-order valence-electron chi connectivity index (χ0n) is 8.28. The molecule has 0 saturated carbocycles. The van der Waals surface area contributed by atoms with Crippen molar-refractivity contribution in [3.05, 3.63) is 35.9 Å². The third-order valence-corrected chi connectivity index (χ3v) is 2.12. The molecule has 0 saturated heterocycles. The zero-order chi connectivity index (χ0) is 10.7. The minimum Gasteiger partial charge on any atom is -0.472 e. The highest BCUT2D eigenvalue weighted by Crippen LogP contribution is 2.12. The fourth-order valence-electron chi connectivity index (χ4n) is 1.27. The molecule has 2 N–H and O–H groups in total. The molecule has 0 unspecified atom stereocenters. The third kappa shape index (κ3) is 1.90. The van der Waals surface area contributed by atoms with Crippen LogP contribution < -0.4 is 5.32 Å². The summed E-state index contributed by atoms with van der Waals surface area (Å²) < 4.78 is 4.82. The summed E-state index contributed by atoms with van der Waals surface area (Å²) in [7, 11) is 0. The number of hydrogen-bond acceptors (Lipinski definition) is 3. The van der Waals surface area contributed by atoms with E-state index in [-0.39, 0.29) is 5.91 Å². The first-order chi connectivity index (χ1) is 7.31. The summed E-state index contributed by atoms with van der Waals surface area (Å²) in [5.74, 6) is 0.436. The van der Waals surface area contributed by atoms with E-state index in [2.05, 4.69) is 15.5 Å². The number of carbonyl (C=O) groups excluding carboxylic acids is 1. The van der Waals surface area contributed by atoms with Crippen LogP contribution in [0, 0.1) is 0 Å². The van der Waals surface area contributed by atoms with Gasteiger partial charge in [0.1, 0.15) is 12.1 Å². The highest BCUT2D eigenvalue weighted by Gasteiger charge is 2.10. The van der Waals surface area contributed by atoms with Crippen LogP contribution in [-0.2, 0) is 6.42 Å². The molecule has 0 radical (unpaired) electrons. The van der Waals surface area contributed by atoms with Crippen molar-refractivity contribution in [2.45, 2.75) is 13.3 Å². The maximum Gasteiger partial charge on any atom is 0.260 e. The van der Waals surface area contributed by atoms with E-state index < -0.39 is 0 Å². The number of furan rings is 1. The largest absolute Gasteiger partial charge is 0.472 e. The van der Waals surface area contributed by atoms with Crippen molar-refractivity contribution in [2.24, 2.45) is 0 Å². The Labute approximate surface area is 86.5 Å². The van der Waals surface area contributed by atoms with Gasteiger partial charge in [-0.25, -0.2) is 0 Å². The Bertz CT molecular complexity index is 445. The lowest BCUT2D eigenvalue weighted by molar-refractivity contribution is 0.102. The highest BCUT2D eigenvalue weighted by molar-refractivity contribution is 6.03. The SMILES string of the molecule is CCc1cn[nH]c1NC(=O)c1ccoc1. The number of aromatic nitrogens is 2. The second-order valence-corrected chi connectivity index (χ2v) is 3.09. The summed E-state index contributed by atoms with van der Waals surface area (Å²) in [6.45, 7) is 2.00. The average Bonchev–Trinajstić information content (AvgIpc) is 2.87. The Kier molecular flexibility index (Phi) is 2.53. The van der Waals surface area contributed by atoms with Crippen molar-refractivity contribution < 1.29 is 9.21 Å². The quantitative estimate of drug-likeness (QED) is 0.802. The number of carbonyl (C=O) groups is 1. The molecule has 15 heavy (non-hydrogen) atoms. The Morgan fingerprint density at radius 1 is 1.67 bits per heavy atom. The van der Waals surface area contributed by atoms with Gasteiger partial charge in [0, 0.05) is 5.56 Å². The molecule has 0 aliphatic rings. The van der Waals surface area contributed by atoms with Crippen LogP contribution in [0.4, 0.5) is 5.82 Å². The molecular formula is C10H11N3O2. The molecule has 0 bridgehead atoms. The molecule has 2 aromatic rings. The number of H-pyrrole nitrogens is 1. The zero-order valence-corrected chi connectivity index (χ0v) is 8.28. The fraction of sp³-hybridized carbons (Fsp3) is 0.200. The monoisotopic (exact) mass is 205 g/mol. The average molecular weight is 205 g/mol. The molecule has 0 spiro atoms. The Morgan fingerprint density at radius 2 is 2.53 bits per heavy atom. The second-order valence-electron chi connectivity index (χ2n) is 3.09. The second kappa shape index (κ2) is 4.00. The van der Waals surface area contributed by atoms with Crippen LogP contribution in [0.5, 0.6) is 0 Å². The number of hydrogen-bond donors (Lipinski definition) is 2. The van der Waals surface area contributed by atoms with Gasteiger partial charge < -0.3 is 9.73 Å². The van der Waals surface area contributed by atoms with Gasteiger partial charge in [0.2, 0.25) is 0 Å². The number of amides is 1. The summed E-state index contributed by atoms with van der Waals surface area (Å²) in [5.41, 5.74) is 1.47. The third-order valence-electron chi connectivity index (χ3n) is 2.12. The Hall–Kier alpha value is -2.04. The Morgan fingerprint density at radius 3 is 3.20 bits per heavy atom. The van der Waals surface area contributed by atoms with Gasteiger partial charge in [-0.3, -0.25) is 9.89 Å². The van der Waals surface area contributed by atoms with E-state index in [1.54, 1.807) is 12.3 Å². The van der Waals surface area contributed by atoms with Crippen LogP contribution in [0.25, 0.3) is 0 Å². The van der Waals surface area contributed by atoms with Crippen LogP contribution in [0.1, 0.15) is 22.8 Å². The molecule has 78 valence electrons. The molecule has 2 rings (SSSR count). The molecule has 0 aromatic carbocycles. The van der Waals surface area contributed by atoms with Crippen LogP contribution in [-0.4, -0.2) is 16.1 Å². The van der Waals surface area contributed by atoms with Gasteiger partial charge in [0.25, 0.3) is 5.91 Å². The summed E-state index contributed by atoms with van der Waals surface area (Å²) in [6.07, 6.45) is 5.38. The first kappa shape index (κ1) is 9.51. The molecule has 2 aromatic heterocycles. The van der Waals surface area contributed by atoms with Crippen LogP contribution in [0.2, 0.25) is 0 Å². The molecular weight excluding hydrogens is 194 g/mol. The molecule has 0 aliphatic carbocycles. The molecule has 5 heteroatoms. The van der Waals surface area contributed by atoms with Crippen molar-refractivity contribution in [1.29, 1.82) is 0 Å². The normalized spacial score (nSPS) is 10.2. The molecule has 0 fully saturated rings. The molecule has 0 aliphatic heterocycles. The lowest BCUT2D eigenvalue weighted by Crippen LogP contribution is -2.12. The Balaban J connectivity index is 2.13. The van der Waals surface area contributed by atoms with E-state index in [0.717, 1.165) is 12.0 Å². The van der Waals surface area contributed by atoms with Crippen LogP contribution >= 0.6 is 0 Å². The maximum absolute atomic E-state index is 11.6. The maximum atomic E-state index is 11.6. The summed E-state index contributed by atoms with van der Waals surface area (Å²) >= 11 is 0. The molecule has 1 amide bonds. The highest BCUT2D eigenvalue weighted by atomic mass is 16.3. The van der Waals surface area contributed by atoms with Gasteiger partial charge >= 0.3 is 0 Å². The predicted molar refractivity (Wildman–Crippen MR) is 54.6 cm³/mol. The minimum absolute atomic E-state index is 0.206. The lowest BCUT2D eigenvalue weighted by atomic mass is 10.2. The number of aryl methyl sites for hydroxylation is 1. The number of aromatic amines is 1. The topological polar surface area (TPSA) is 70.9 Å². The summed E-state index contributed by atoms with van der Waals surface area (Å²) in [5, 5.41) is 9.33. The van der Waals surface area contributed by atoms with Gasteiger partial charge in [-0.1, -0.05) is 6.92 Å². The van der Waals surface area contributed by atoms with Crippen molar-refractivity contribution in [1.82, 2.24) is 10.2 Å². The smallest absolute Gasteiger partial charge is 0.260 e. The van der Waals surface area contributed by atoms with Gasteiger partial charge in [-0.15, -0.1) is 0 Å². The molecule has 2 heterocycles. The van der Waals surface area contributed by atoms with Gasteiger partial charge in [0.05, 0.1) is 18.0 Å². The number of rotatable bonds is 3. The lowest BCUT2D eigenvalue weighted by Gasteiger charge is -2.01.